The lowest BCUT2D eigenvalue weighted by atomic mass is 9.91. The average molecular weight is 244 g/mol. The molecule has 1 aromatic rings. The Hall–Kier alpha value is -1.57. The van der Waals surface area contributed by atoms with E-state index >= 15 is 0 Å². The molecule has 0 amide bonds. The molecular formula is C16H20O2. The summed E-state index contributed by atoms with van der Waals surface area (Å²) in [5, 5.41) is 10.3. The Balaban J connectivity index is 2.66. The summed E-state index contributed by atoms with van der Waals surface area (Å²) in [4.78, 5) is 12.1. The molecule has 0 aromatic heterocycles. The Morgan fingerprint density at radius 1 is 1.06 bits per heavy atom. The number of benzene rings is 1. The molecule has 2 nitrogen and oxygen atoms in total. The van der Waals surface area contributed by atoms with Crippen molar-refractivity contribution in [3.63, 3.8) is 0 Å². The first-order valence-electron chi connectivity index (χ1n) is 6.29. The molecule has 0 saturated carbocycles. The van der Waals surface area contributed by atoms with Gasteiger partial charge in [-0.2, -0.15) is 0 Å². The second-order valence-electron chi connectivity index (χ2n) is 5.96. The summed E-state index contributed by atoms with van der Waals surface area (Å²) in [6, 6.07) is 4.08. The van der Waals surface area contributed by atoms with E-state index < -0.39 is 5.41 Å². The number of carbonyl (C=O) groups is 1. The molecule has 0 unspecified atom stereocenters. The van der Waals surface area contributed by atoms with Crippen molar-refractivity contribution in [1.82, 2.24) is 0 Å². The topological polar surface area (TPSA) is 37.3 Å². The van der Waals surface area contributed by atoms with Crippen LogP contribution in [0, 0.1) is 26.2 Å². The Morgan fingerprint density at radius 3 is 2.11 bits per heavy atom. The molecule has 0 saturated heterocycles. The van der Waals surface area contributed by atoms with Gasteiger partial charge in [-0.25, -0.2) is 0 Å². The summed E-state index contributed by atoms with van der Waals surface area (Å²) in [6.07, 6.45) is 0.389. The van der Waals surface area contributed by atoms with Crippen molar-refractivity contribution < 1.29 is 9.90 Å². The minimum Gasteiger partial charge on any atom is -0.511 e. The molecule has 0 radical (unpaired) electrons. The Kier molecular flexibility index (Phi) is 2.84. The molecule has 1 aromatic carbocycles. The van der Waals surface area contributed by atoms with Crippen LogP contribution in [0.15, 0.2) is 17.9 Å². The van der Waals surface area contributed by atoms with Crippen LogP contribution in [0.5, 0.6) is 0 Å². The molecule has 18 heavy (non-hydrogen) atoms. The van der Waals surface area contributed by atoms with E-state index in [2.05, 4.69) is 13.0 Å². The fourth-order valence-electron chi connectivity index (χ4n) is 2.55. The molecule has 1 aliphatic rings. The third kappa shape index (κ3) is 1.86. The lowest BCUT2D eigenvalue weighted by Crippen LogP contribution is -2.10. The lowest BCUT2D eigenvalue weighted by molar-refractivity contribution is -0.114. The van der Waals surface area contributed by atoms with E-state index in [1.54, 1.807) is 0 Å². The van der Waals surface area contributed by atoms with Gasteiger partial charge < -0.3 is 5.11 Å². The van der Waals surface area contributed by atoms with Crippen LogP contribution in [0.3, 0.4) is 0 Å². The summed E-state index contributed by atoms with van der Waals surface area (Å²) >= 11 is 0. The molecular weight excluding hydrogens is 224 g/mol. The molecule has 0 spiro atoms. The van der Waals surface area contributed by atoms with Gasteiger partial charge in [0, 0.05) is 11.8 Å². The summed E-state index contributed by atoms with van der Waals surface area (Å²) in [5.74, 6) is 0.280. The van der Waals surface area contributed by atoms with Crippen LogP contribution >= 0.6 is 0 Å². The molecule has 0 atom stereocenters. The standard InChI is InChI=1S/C16H20O2/c1-9-6-11(3)12(7-10(9)2)14-13(17)8-16(4,5)15(14)18/h6-7,18H,8H2,1-5H3. The summed E-state index contributed by atoms with van der Waals surface area (Å²) in [7, 11) is 0. The van der Waals surface area contributed by atoms with E-state index in [0.717, 1.165) is 16.7 Å². The predicted molar refractivity (Wildman–Crippen MR) is 73.6 cm³/mol. The van der Waals surface area contributed by atoms with Gasteiger partial charge in [0.25, 0.3) is 0 Å². The molecule has 1 N–H and O–H groups in total. The highest BCUT2D eigenvalue weighted by Crippen LogP contribution is 2.43. The van der Waals surface area contributed by atoms with Gasteiger partial charge in [-0.15, -0.1) is 0 Å². The van der Waals surface area contributed by atoms with E-state index in [4.69, 9.17) is 0 Å². The van der Waals surface area contributed by atoms with Crippen molar-refractivity contribution >= 4 is 11.4 Å². The number of aliphatic hydroxyl groups excluding tert-OH is 1. The third-order valence-electron chi connectivity index (χ3n) is 3.87. The van der Waals surface area contributed by atoms with Gasteiger partial charge in [-0.1, -0.05) is 26.0 Å². The number of carbonyl (C=O) groups excluding carboxylic acids is 1. The maximum Gasteiger partial charge on any atom is 0.167 e. The van der Waals surface area contributed by atoms with E-state index in [1.165, 1.54) is 5.56 Å². The lowest BCUT2D eigenvalue weighted by Gasteiger charge is -2.16. The molecule has 2 heteroatoms. The molecule has 0 fully saturated rings. The molecule has 1 aliphatic carbocycles. The van der Waals surface area contributed by atoms with Gasteiger partial charge in [-0.3, -0.25) is 4.79 Å². The predicted octanol–water partition coefficient (Wildman–Crippen LogP) is 3.88. The van der Waals surface area contributed by atoms with Crippen LogP contribution in [0.1, 0.15) is 42.5 Å². The van der Waals surface area contributed by atoms with Crippen LogP contribution < -0.4 is 0 Å². The summed E-state index contributed by atoms with van der Waals surface area (Å²) in [6.45, 7) is 9.88. The minimum absolute atomic E-state index is 0.0452. The summed E-state index contributed by atoms with van der Waals surface area (Å²) in [5.41, 5.74) is 4.37. The zero-order chi connectivity index (χ0) is 13.7. The van der Waals surface area contributed by atoms with E-state index in [9.17, 15) is 9.90 Å². The number of aryl methyl sites for hydroxylation is 3. The maximum absolute atomic E-state index is 12.1. The maximum atomic E-state index is 12.1. The highest BCUT2D eigenvalue weighted by atomic mass is 16.3. The number of allylic oxidation sites excluding steroid dienone is 2. The minimum atomic E-state index is -0.433. The van der Waals surface area contributed by atoms with Crippen molar-refractivity contribution in [1.29, 1.82) is 0 Å². The SMILES string of the molecule is Cc1cc(C)c(C2=C(O)C(C)(C)CC2=O)cc1C. The zero-order valence-corrected chi connectivity index (χ0v) is 11.7. The van der Waals surface area contributed by atoms with Crippen molar-refractivity contribution in [2.75, 3.05) is 0 Å². The fraction of sp³-hybridized carbons (Fsp3) is 0.438. The van der Waals surface area contributed by atoms with Gasteiger partial charge >= 0.3 is 0 Å². The van der Waals surface area contributed by atoms with Gasteiger partial charge in [0.05, 0.1) is 5.57 Å². The number of rotatable bonds is 1. The zero-order valence-electron chi connectivity index (χ0n) is 11.7. The molecule has 0 heterocycles. The molecule has 0 aliphatic heterocycles. The molecule has 0 bridgehead atoms. The monoisotopic (exact) mass is 244 g/mol. The quantitative estimate of drug-likeness (QED) is 0.814. The number of aliphatic hydroxyl groups is 1. The van der Waals surface area contributed by atoms with Crippen molar-refractivity contribution in [3.8, 4) is 0 Å². The number of hydrogen-bond acceptors (Lipinski definition) is 2. The van der Waals surface area contributed by atoms with Crippen LogP contribution in [0.25, 0.3) is 5.57 Å². The smallest absolute Gasteiger partial charge is 0.167 e. The third-order valence-corrected chi connectivity index (χ3v) is 3.87. The van der Waals surface area contributed by atoms with Crippen LogP contribution in [0.4, 0.5) is 0 Å². The Morgan fingerprint density at radius 2 is 1.61 bits per heavy atom. The van der Waals surface area contributed by atoms with Crippen LogP contribution in [0.2, 0.25) is 0 Å². The van der Waals surface area contributed by atoms with Gasteiger partial charge in [0.2, 0.25) is 0 Å². The first-order chi connectivity index (χ1) is 8.24. The van der Waals surface area contributed by atoms with Crippen LogP contribution in [-0.2, 0) is 4.79 Å². The van der Waals surface area contributed by atoms with Gasteiger partial charge in [-0.05, 0) is 43.0 Å². The molecule has 96 valence electrons. The van der Waals surface area contributed by atoms with Crippen LogP contribution in [-0.4, -0.2) is 10.9 Å². The van der Waals surface area contributed by atoms with Crippen molar-refractivity contribution in [2.24, 2.45) is 5.41 Å². The van der Waals surface area contributed by atoms with Crippen molar-refractivity contribution in [3.05, 3.63) is 40.1 Å². The first-order valence-corrected chi connectivity index (χ1v) is 6.29. The van der Waals surface area contributed by atoms with E-state index in [-0.39, 0.29) is 11.5 Å². The largest absolute Gasteiger partial charge is 0.511 e. The molecule has 2 rings (SSSR count). The second kappa shape index (κ2) is 3.98. The van der Waals surface area contributed by atoms with E-state index in [1.807, 2.05) is 33.8 Å². The normalized spacial score (nSPS) is 18.6. The number of hydrogen-bond donors (Lipinski definition) is 1. The van der Waals surface area contributed by atoms with Gasteiger partial charge in [0.1, 0.15) is 5.76 Å². The first kappa shape index (κ1) is 12.9. The van der Waals surface area contributed by atoms with Gasteiger partial charge in [0.15, 0.2) is 5.78 Å². The fourth-order valence-corrected chi connectivity index (χ4v) is 2.55. The second-order valence-corrected chi connectivity index (χ2v) is 5.96. The highest BCUT2D eigenvalue weighted by Gasteiger charge is 2.39. The van der Waals surface area contributed by atoms with E-state index in [0.29, 0.717) is 12.0 Å². The van der Waals surface area contributed by atoms with Crippen molar-refractivity contribution in [2.45, 2.75) is 41.0 Å². The summed E-state index contributed by atoms with van der Waals surface area (Å²) < 4.78 is 0. The Labute approximate surface area is 108 Å². The average Bonchev–Trinajstić information content (AvgIpc) is 2.43. The number of ketones is 1. The Bertz CT molecular complexity index is 563. The number of Topliss-reactive ketones (excluding diaryl/α,β-unsaturated/α-hetero) is 1. The highest BCUT2D eigenvalue weighted by molar-refractivity contribution is 6.24.